The van der Waals surface area contributed by atoms with Crippen LogP contribution >= 0.6 is 11.3 Å². The van der Waals surface area contributed by atoms with Crippen LogP contribution in [0.3, 0.4) is 0 Å². The molecule has 0 saturated heterocycles. The predicted octanol–water partition coefficient (Wildman–Crippen LogP) is 11.1. The van der Waals surface area contributed by atoms with Crippen LogP contribution < -0.4 is 0 Å². The maximum Gasteiger partial charge on any atom is 0.270 e. The molecular weight excluding hydrogens is 565 g/mol. The van der Waals surface area contributed by atoms with Gasteiger partial charge in [-0.2, -0.15) is 0 Å². The van der Waals surface area contributed by atoms with E-state index >= 15 is 0 Å². The molecule has 3 aliphatic rings. The fraction of sp³-hybridized carbons (Fsp3) is 0.0952. The van der Waals surface area contributed by atoms with Crippen LogP contribution in [-0.2, 0) is 5.41 Å². The fourth-order valence-electron chi connectivity index (χ4n) is 8.04. The SMILES string of the molecule is [C-]#[N+]/C(C#N)=C1/c2ccccc2-c2cc(-c3ccc(-c4ccc5c(c4)C(C)(C)c4cccc6c4C5c4ccccc4-6)s3)ccc21. The Bertz CT molecular complexity index is 2370. The molecule has 0 bridgehead atoms. The molecule has 2 nitrogen and oxygen atoms in total. The van der Waals surface area contributed by atoms with E-state index in [4.69, 9.17) is 6.57 Å². The summed E-state index contributed by atoms with van der Waals surface area (Å²) in [7, 11) is 0. The van der Waals surface area contributed by atoms with Crippen LogP contribution in [0.25, 0.3) is 53.6 Å². The summed E-state index contributed by atoms with van der Waals surface area (Å²) in [4.78, 5) is 6.00. The normalized spacial score (nSPS) is 16.8. The second-order valence-electron chi connectivity index (χ2n) is 12.6. The van der Waals surface area contributed by atoms with Crippen LogP contribution in [0.15, 0.2) is 121 Å². The highest BCUT2D eigenvalue weighted by atomic mass is 32.1. The lowest BCUT2D eigenvalue weighted by Crippen LogP contribution is -2.28. The van der Waals surface area contributed by atoms with E-state index in [0.717, 1.165) is 33.4 Å². The van der Waals surface area contributed by atoms with Crippen molar-refractivity contribution < 1.29 is 0 Å². The minimum Gasteiger partial charge on any atom is -0.226 e. The molecule has 3 aliphatic carbocycles. The van der Waals surface area contributed by atoms with Crippen LogP contribution in [0.1, 0.15) is 58.7 Å². The summed E-state index contributed by atoms with van der Waals surface area (Å²) in [6, 6.07) is 44.0. The van der Waals surface area contributed by atoms with Crippen molar-refractivity contribution in [1.82, 2.24) is 0 Å². The lowest BCUT2D eigenvalue weighted by molar-refractivity contribution is 0.601. The molecule has 1 atom stereocenters. The van der Waals surface area contributed by atoms with Crippen LogP contribution in [0.4, 0.5) is 0 Å². The lowest BCUT2D eigenvalue weighted by Gasteiger charge is -2.38. The standard InChI is InChI=1S/C42H26N2S/c1-42(2)34-14-8-13-30-26-9-4-7-12-29(26)40(41(30)34)32-18-16-25(22-35(32)42)38-20-19-37(45-38)24-15-17-31-33(21-24)27-10-5-6-11-28(27)39(31)36(23-43)44-3/h4-22,40H,1-2H3/b39-36-. The monoisotopic (exact) mass is 590 g/mol. The summed E-state index contributed by atoms with van der Waals surface area (Å²) in [6.45, 7) is 12.3. The van der Waals surface area contributed by atoms with Gasteiger partial charge >= 0.3 is 0 Å². The minimum absolute atomic E-state index is 0.110. The highest BCUT2D eigenvalue weighted by Crippen LogP contribution is 2.58. The Morgan fingerprint density at radius 2 is 1.33 bits per heavy atom. The number of allylic oxidation sites excluding steroid dienone is 1. The van der Waals surface area contributed by atoms with Crippen molar-refractivity contribution in [2.24, 2.45) is 0 Å². The van der Waals surface area contributed by atoms with Crippen LogP contribution in [0.2, 0.25) is 0 Å². The van der Waals surface area contributed by atoms with E-state index in [-0.39, 0.29) is 17.0 Å². The van der Waals surface area contributed by atoms with Crippen molar-refractivity contribution in [2.45, 2.75) is 25.2 Å². The van der Waals surface area contributed by atoms with Crippen LogP contribution in [0, 0.1) is 17.9 Å². The average Bonchev–Trinajstić information content (AvgIpc) is 3.78. The first-order chi connectivity index (χ1) is 22.0. The first kappa shape index (κ1) is 26.0. The average molecular weight is 591 g/mol. The third kappa shape index (κ3) is 3.48. The molecule has 5 aromatic carbocycles. The van der Waals surface area contributed by atoms with Gasteiger partial charge in [0.05, 0.1) is 12.6 Å². The number of nitriles is 1. The number of benzene rings is 5. The van der Waals surface area contributed by atoms with E-state index < -0.39 is 0 Å². The van der Waals surface area contributed by atoms with Crippen molar-refractivity contribution in [2.75, 3.05) is 0 Å². The van der Waals surface area contributed by atoms with E-state index in [1.54, 1.807) is 0 Å². The number of hydrogen-bond donors (Lipinski definition) is 0. The van der Waals surface area contributed by atoms with Gasteiger partial charge < -0.3 is 0 Å². The van der Waals surface area contributed by atoms with Crippen LogP contribution in [0.5, 0.6) is 0 Å². The van der Waals surface area contributed by atoms with Crippen molar-refractivity contribution in [3.8, 4) is 49.2 Å². The molecule has 0 aliphatic heterocycles. The Morgan fingerprint density at radius 1 is 0.667 bits per heavy atom. The molecule has 1 aromatic heterocycles. The third-order valence-electron chi connectivity index (χ3n) is 10.1. The predicted molar refractivity (Wildman–Crippen MR) is 184 cm³/mol. The summed E-state index contributed by atoms with van der Waals surface area (Å²) in [6.07, 6.45) is 0. The molecule has 0 saturated carbocycles. The van der Waals surface area contributed by atoms with E-state index in [1.165, 1.54) is 54.3 Å². The van der Waals surface area contributed by atoms with Gasteiger partial charge in [-0.15, -0.1) is 11.3 Å². The maximum absolute atomic E-state index is 9.69. The van der Waals surface area contributed by atoms with Gasteiger partial charge in [-0.3, -0.25) is 0 Å². The maximum atomic E-state index is 9.69. The van der Waals surface area contributed by atoms with Crippen molar-refractivity contribution in [3.63, 3.8) is 0 Å². The first-order valence-electron chi connectivity index (χ1n) is 15.2. The zero-order valence-electron chi connectivity index (χ0n) is 24.8. The number of hydrogen-bond acceptors (Lipinski definition) is 2. The Balaban J connectivity index is 1.14. The Morgan fingerprint density at radius 3 is 2.11 bits per heavy atom. The molecule has 9 rings (SSSR count). The van der Waals surface area contributed by atoms with Gasteiger partial charge in [0.15, 0.2) is 0 Å². The van der Waals surface area contributed by atoms with E-state index in [2.05, 4.69) is 122 Å². The molecule has 0 N–H and O–H groups in total. The van der Waals surface area contributed by atoms with E-state index in [1.807, 2.05) is 29.5 Å². The molecule has 6 aromatic rings. The molecule has 1 heterocycles. The third-order valence-corrected chi connectivity index (χ3v) is 11.3. The topological polar surface area (TPSA) is 28.1 Å². The smallest absolute Gasteiger partial charge is 0.226 e. The molecular formula is C42H26N2S. The lowest BCUT2D eigenvalue weighted by atomic mass is 9.64. The number of nitrogens with zero attached hydrogens (tertiary/aromatic N) is 2. The zero-order chi connectivity index (χ0) is 30.4. The van der Waals surface area contributed by atoms with Crippen molar-refractivity contribution >= 4 is 16.9 Å². The van der Waals surface area contributed by atoms with E-state index in [9.17, 15) is 5.26 Å². The van der Waals surface area contributed by atoms with Gasteiger partial charge in [-0.25, -0.2) is 10.1 Å². The molecule has 210 valence electrons. The van der Waals surface area contributed by atoms with Gasteiger partial charge in [0, 0.05) is 26.7 Å². The summed E-state index contributed by atoms with van der Waals surface area (Å²) in [5.41, 5.74) is 17.1. The highest BCUT2D eigenvalue weighted by molar-refractivity contribution is 7.18. The van der Waals surface area contributed by atoms with Gasteiger partial charge in [-0.05, 0) is 96.6 Å². The molecule has 0 spiro atoms. The largest absolute Gasteiger partial charge is 0.270 e. The molecule has 1 unspecified atom stereocenters. The van der Waals surface area contributed by atoms with Gasteiger partial charge in [0.1, 0.15) is 0 Å². The Kier molecular flexibility index (Phi) is 5.34. The molecule has 45 heavy (non-hydrogen) atoms. The van der Waals surface area contributed by atoms with Gasteiger partial charge in [0.25, 0.3) is 5.70 Å². The quantitative estimate of drug-likeness (QED) is 0.145. The van der Waals surface area contributed by atoms with E-state index in [0.29, 0.717) is 0 Å². The molecule has 0 fully saturated rings. The minimum atomic E-state index is -0.110. The summed E-state index contributed by atoms with van der Waals surface area (Å²) < 4.78 is 0. The zero-order valence-corrected chi connectivity index (χ0v) is 25.7. The van der Waals surface area contributed by atoms with Crippen molar-refractivity contribution in [3.05, 3.63) is 171 Å². The number of thiophene rings is 1. The molecule has 0 amide bonds. The number of fused-ring (bicyclic) bond motifs is 8. The van der Waals surface area contributed by atoms with Crippen molar-refractivity contribution in [1.29, 1.82) is 5.26 Å². The first-order valence-corrected chi connectivity index (χ1v) is 16.0. The Labute approximate surface area is 267 Å². The van der Waals surface area contributed by atoms with Gasteiger partial charge in [0.2, 0.25) is 0 Å². The van der Waals surface area contributed by atoms with Gasteiger partial charge in [-0.1, -0.05) is 105 Å². The van der Waals surface area contributed by atoms with Crippen LogP contribution in [-0.4, -0.2) is 0 Å². The second kappa shape index (κ2) is 9.26. The highest BCUT2D eigenvalue weighted by Gasteiger charge is 2.43. The summed E-state index contributed by atoms with van der Waals surface area (Å²) >= 11 is 1.81. The Hall–Kier alpha value is -5.48. The molecule has 3 heteroatoms. The fourth-order valence-corrected chi connectivity index (χ4v) is 9.03. The summed E-state index contributed by atoms with van der Waals surface area (Å²) in [5.74, 6) is 0.279. The number of rotatable bonds is 2. The summed E-state index contributed by atoms with van der Waals surface area (Å²) in [5, 5.41) is 9.69. The second-order valence-corrected chi connectivity index (χ2v) is 13.7. The molecule has 0 radical (unpaired) electrons.